The molecule has 0 saturated heterocycles. The van der Waals surface area contributed by atoms with E-state index in [2.05, 4.69) is 6.92 Å². The lowest BCUT2D eigenvalue weighted by Gasteiger charge is -2.37. The van der Waals surface area contributed by atoms with Crippen LogP contribution in [0.25, 0.3) is 10.8 Å². The highest BCUT2D eigenvalue weighted by atomic mass is 16.3. The molecule has 0 radical (unpaired) electrons. The van der Waals surface area contributed by atoms with E-state index >= 15 is 0 Å². The van der Waals surface area contributed by atoms with E-state index in [-0.39, 0.29) is 16.9 Å². The Balaban J connectivity index is 1.97. The number of ketones is 1. The molecular formula is C18H18O3. The number of phenols is 2. The van der Waals surface area contributed by atoms with Gasteiger partial charge in [-0.25, -0.2) is 0 Å². The predicted octanol–water partition coefficient (Wildman–Crippen LogP) is 3.65. The topological polar surface area (TPSA) is 57.5 Å². The summed E-state index contributed by atoms with van der Waals surface area (Å²) in [6.45, 7) is 2.11. The number of rotatable bonds is 0. The molecule has 0 aromatic heterocycles. The highest BCUT2D eigenvalue weighted by Gasteiger charge is 2.49. The zero-order valence-electron chi connectivity index (χ0n) is 12.0. The van der Waals surface area contributed by atoms with Crippen LogP contribution in [0.3, 0.4) is 0 Å². The first kappa shape index (κ1) is 12.7. The maximum atomic E-state index is 12.2. The number of fused-ring (bicyclic) bond motifs is 5. The normalized spacial score (nSPS) is 27.7. The van der Waals surface area contributed by atoms with Crippen molar-refractivity contribution in [2.45, 2.75) is 38.5 Å². The second-order valence-electron chi connectivity index (χ2n) is 6.59. The molecule has 108 valence electrons. The standard InChI is InChI=1S/C18H18O3/c1-18-9-8-11-10-4-6-15(19)17(21)13(10)3-2-12(11)14(18)5-7-16(18)20/h2-4,6,14,19,21H,5,7-9H2,1H3. The largest absolute Gasteiger partial charge is 0.504 e. The highest BCUT2D eigenvalue weighted by molar-refractivity contribution is 5.95. The summed E-state index contributed by atoms with van der Waals surface area (Å²) in [5.41, 5.74) is 2.28. The smallest absolute Gasteiger partial charge is 0.165 e. The van der Waals surface area contributed by atoms with Gasteiger partial charge in [0, 0.05) is 17.2 Å². The van der Waals surface area contributed by atoms with Crippen LogP contribution < -0.4 is 0 Å². The van der Waals surface area contributed by atoms with Crippen molar-refractivity contribution >= 4 is 16.6 Å². The first-order chi connectivity index (χ1) is 10.0. The van der Waals surface area contributed by atoms with Crippen molar-refractivity contribution in [1.82, 2.24) is 0 Å². The molecular weight excluding hydrogens is 264 g/mol. The number of aryl methyl sites for hydroxylation is 1. The maximum Gasteiger partial charge on any atom is 0.165 e. The minimum atomic E-state index is -0.209. The van der Waals surface area contributed by atoms with Crippen molar-refractivity contribution in [3.8, 4) is 11.5 Å². The van der Waals surface area contributed by atoms with Gasteiger partial charge in [-0.05, 0) is 47.8 Å². The Labute approximate surface area is 123 Å². The molecule has 21 heavy (non-hydrogen) atoms. The molecule has 3 nitrogen and oxygen atoms in total. The highest BCUT2D eigenvalue weighted by Crippen LogP contribution is 2.55. The monoisotopic (exact) mass is 282 g/mol. The van der Waals surface area contributed by atoms with Gasteiger partial charge in [0.2, 0.25) is 0 Å². The SMILES string of the molecule is CC12CCc3c(ccc4c(O)c(O)ccc34)C1CCC2=O. The van der Waals surface area contributed by atoms with Gasteiger partial charge in [-0.2, -0.15) is 0 Å². The fraction of sp³-hybridized carbons (Fsp3) is 0.389. The minimum Gasteiger partial charge on any atom is -0.504 e. The molecule has 2 aliphatic rings. The van der Waals surface area contributed by atoms with Gasteiger partial charge in [0.1, 0.15) is 5.78 Å². The van der Waals surface area contributed by atoms with Crippen molar-refractivity contribution in [3.63, 3.8) is 0 Å². The second-order valence-corrected chi connectivity index (χ2v) is 6.59. The Bertz CT molecular complexity index is 778. The number of Topliss-reactive ketones (excluding diaryl/α,β-unsaturated/α-hetero) is 1. The molecule has 2 aromatic rings. The van der Waals surface area contributed by atoms with Crippen LogP contribution in [0.1, 0.15) is 43.2 Å². The third-order valence-corrected chi connectivity index (χ3v) is 5.63. The van der Waals surface area contributed by atoms with Gasteiger partial charge in [0.05, 0.1) is 0 Å². The van der Waals surface area contributed by atoms with E-state index in [9.17, 15) is 15.0 Å². The molecule has 0 bridgehead atoms. The molecule has 2 atom stereocenters. The van der Waals surface area contributed by atoms with Crippen LogP contribution in [0.4, 0.5) is 0 Å². The molecule has 2 N–H and O–H groups in total. The van der Waals surface area contributed by atoms with Gasteiger partial charge >= 0.3 is 0 Å². The number of carbonyl (C=O) groups is 1. The van der Waals surface area contributed by atoms with Crippen LogP contribution in [0.5, 0.6) is 11.5 Å². The zero-order chi connectivity index (χ0) is 14.8. The first-order valence-corrected chi connectivity index (χ1v) is 7.52. The van der Waals surface area contributed by atoms with E-state index in [1.807, 2.05) is 18.2 Å². The van der Waals surface area contributed by atoms with Gasteiger partial charge < -0.3 is 10.2 Å². The lowest BCUT2D eigenvalue weighted by Crippen LogP contribution is -2.32. The summed E-state index contributed by atoms with van der Waals surface area (Å²) in [5.74, 6) is 0.561. The number of phenolic OH excluding ortho intramolecular Hbond substituents is 2. The van der Waals surface area contributed by atoms with E-state index in [1.54, 1.807) is 6.07 Å². The van der Waals surface area contributed by atoms with E-state index in [0.29, 0.717) is 23.5 Å². The average Bonchev–Trinajstić information content (AvgIpc) is 2.78. The predicted molar refractivity (Wildman–Crippen MR) is 80.7 cm³/mol. The molecule has 3 heteroatoms. The minimum absolute atomic E-state index is 0.0499. The van der Waals surface area contributed by atoms with Crippen molar-refractivity contribution in [2.24, 2.45) is 5.41 Å². The number of hydrogen-bond acceptors (Lipinski definition) is 3. The summed E-state index contributed by atoms with van der Waals surface area (Å²) in [4.78, 5) is 12.2. The number of hydrogen-bond donors (Lipinski definition) is 2. The summed E-state index contributed by atoms with van der Waals surface area (Å²) in [7, 11) is 0. The lowest BCUT2D eigenvalue weighted by molar-refractivity contribution is -0.126. The summed E-state index contributed by atoms with van der Waals surface area (Å²) in [5, 5.41) is 21.4. The number of benzene rings is 2. The lowest BCUT2D eigenvalue weighted by atomic mass is 9.66. The summed E-state index contributed by atoms with van der Waals surface area (Å²) in [6, 6.07) is 7.34. The average molecular weight is 282 g/mol. The molecule has 2 unspecified atom stereocenters. The van der Waals surface area contributed by atoms with Gasteiger partial charge in [-0.3, -0.25) is 4.79 Å². The molecule has 0 spiro atoms. The Hall–Kier alpha value is -2.03. The van der Waals surface area contributed by atoms with Gasteiger partial charge in [-0.1, -0.05) is 25.1 Å². The molecule has 0 aliphatic heterocycles. The molecule has 4 rings (SSSR count). The molecule has 2 aromatic carbocycles. The third-order valence-electron chi connectivity index (χ3n) is 5.63. The van der Waals surface area contributed by atoms with Crippen LogP contribution >= 0.6 is 0 Å². The van der Waals surface area contributed by atoms with E-state index in [0.717, 1.165) is 24.6 Å². The summed E-state index contributed by atoms with van der Waals surface area (Å²) >= 11 is 0. The molecule has 0 heterocycles. The van der Waals surface area contributed by atoms with Crippen LogP contribution in [-0.2, 0) is 11.2 Å². The quantitative estimate of drug-likeness (QED) is 0.725. The fourth-order valence-corrected chi connectivity index (χ4v) is 4.33. The second kappa shape index (κ2) is 4.00. The Morgan fingerprint density at radius 3 is 2.67 bits per heavy atom. The van der Waals surface area contributed by atoms with Crippen LogP contribution in [0.2, 0.25) is 0 Å². The van der Waals surface area contributed by atoms with Gasteiger partial charge in [0.15, 0.2) is 11.5 Å². The molecule has 1 saturated carbocycles. The van der Waals surface area contributed by atoms with Crippen molar-refractivity contribution in [2.75, 3.05) is 0 Å². The van der Waals surface area contributed by atoms with Crippen LogP contribution in [0, 0.1) is 5.41 Å². The van der Waals surface area contributed by atoms with Crippen molar-refractivity contribution in [3.05, 3.63) is 35.4 Å². The number of aromatic hydroxyl groups is 2. The number of carbonyl (C=O) groups excluding carboxylic acids is 1. The Kier molecular flexibility index (Phi) is 2.42. The van der Waals surface area contributed by atoms with E-state index in [1.165, 1.54) is 11.1 Å². The van der Waals surface area contributed by atoms with Gasteiger partial charge in [0.25, 0.3) is 0 Å². The Morgan fingerprint density at radius 1 is 1.10 bits per heavy atom. The van der Waals surface area contributed by atoms with Crippen molar-refractivity contribution < 1.29 is 15.0 Å². The molecule has 0 amide bonds. The first-order valence-electron chi connectivity index (χ1n) is 7.52. The maximum absolute atomic E-state index is 12.2. The van der Waals surface area contributed by atoms with Crippen molar-refractivity contribution in [1.29, 1.82) is 0 Å². The fourth-order valence-electron chi connectivity index (χ4n) is 4.33. The molecule has 1 fully saturated rings. The van der Waals surface area contributed by atoms with E-state index < -0.39 is 0 Å². The third kappa shape index (κ3) is 1.52. The van der Waals surface area contributed by atoms with Gasteiger partial charge in [-0.15, -0.1) is 0 Å². The molecule has 2 aliphatic carbocycles. The summed E-state index contributed by atoms with van der Waals surface area (Å²) in [6.07, 6.45) is 3.34. The van der Waals surface area contributed by atoms with Crippen LogP contribution in [0.15, 0.2) is 24.3 Å². The Morgan fingerprint density at radius 2 is 1.86 bits per heavy atom. The zero-order valence-corrected chi connectivity index (χ0v) is 12.0. The van der Waals surface area contributed by atoms with Crippen LogP contribution in [-0.4, -0.2) is 16.0 Å². The van der Waals surface area contributed by atoms with E-state index in [4.69, 9.17) is 0 Å². The summed E-state index contributed by atoms with van der Waals surface area (Å²) < 4.78 is 0.